The zero-order chi connectivity index (χ0) is 13.5. The number of ketones is 1. The Labute approximate surface area is 105 Å². The third-order valence-electron chi connectivity index (χ3n) is 3.32. The van der Waals surface area contributed by atoms with Crippen molar-refractivity contribution in [2.75, 3.05) is 7.11 Å². The van der Waals surface area contributed by atoms with Gasteiger partial charge in [0.15, 0.2) is 5.78 Å². The van der Waals surface area contributed by atoms with Crippen LogP contribution in [0.4, 0.5) is 0 Å². The molecule has 5 heteroatoms. The van der Waals surface area contributed by atoms with Gasteiger partial charge >= 0.3 is 11.9 Å². The molecule has 18 heavy (non-hydrogen) atoms. The summed E-state index contributed by atoms with van der Waals surface area (Å²) in [6.07, 6.45) is 0.738. The Bertz CT molecular complexity index is 458. The van der Waals surface area contributed by atoms with E-state index in [1.54, 1.807) is 0 Å². The maximum absolute atomic E-state index is 12.1. The molecule has 0 unspecified atom stereocenters. The molecule has 0 spiro atoms. The zero-order valence-corrected chi connectivity index (χ0v) is 10.7. The molecule has 0 aromatic heterocycles. The fourth-order valence-electron chi connectivity index (χ4n) is 2.55. The van der Waals surface area contributed by atoms with Gasteiger partial charge in [0, 0.05) is 18.4 Å². The van der Waals surface area contributed by atoms with Gasteiger partial charge in [-0.3, -0.25) is 14.4 Å². The monoisotopic (exact) mass is 252 g/mol. The number of hydrogen-bond acceptors (Lipinski definition) is 5. The number of hydrogen-bond donors (Lipinski definition) is 0. The lowest BCUT2D eigenvalue weighted by molar-refractivity contribution is -0.154. The van der Waals surface area contributed by atoms with E-state index in [0.717, 1.165) is 0 Å². The van der Waals surface area contributed by atoms with Crippen LogP contribution in [0.3, 0.4) is 0 Å². The minimum Gasteiger partial charge on any atom is -0.469 e. The predicted octanol–water partition coefficient (Wildman–Crippen LogP) is 1.37. The SMILES string of the molecule is COC(=O)[C@H]1CC(=O)OC2=C1C(=O)CC(C)(C)C2. The molecule has 98 valence electrons. The molecule has 1 aliphatic heterocycles. The lowest BCUT2D eigenvalue weighted by Crippen LogP contribution is -2.37. The zero-order valence-electron chi connectivity index (χ0n) is 10.7. The van der Waals surface area contributed by atoms with Crippen LogP contribution in [-0.4, -0.2) is 24.8 Å². The number of methoxy groups -OCH3 is 1. The molecule has 0 saturated carbocycles. The number of Topliss-reactive ketones (excluding diaryl/α,β-unsaturated/α-hetero) is 1. The van der Waals surface area contributed by atoms with Gasteiger partial charge in [-0.15, -0.1) is 0 Å². The first-order valence-electron chi connectivity index (χ1n) is 5.89. The molecule has 0 bridgehead atoms. The van der Waals surface area contributed by atoms with Crippen LogP contribution in [0.1, 0.15) is 33.1 Å². The number of allylic oxidation sites excluding steroid dienone is 1. The number of esters is 2. The highest BCUT2D eigenvalue weighted by atomic mass is 16.5. The summed E-state index contributed by atoms with van der Waals surface area (Å²) in [7, 11) is 1.25. The minimum absolute atomic E-state index is 0.113. The van der Waals surface area contributed by atoms with Crippen molar-refractivity contribution in [2.45, 2.75) is 33.1 Å². The van der Waals surface area contributed by atoms with Gasteiger partial charge in [0.1, 0.15) is 5.76 Å². The van der Waals surface area contributed by atoms with Crippen molar-refractivity contribution in [3.8, 4) is 0 Å². The van der Waals surface area contributed by atoms with Crippen LogP contribution in [-0.2, 0) is 23.9 Å². The molecule has 1 atom stereocenters. The Morgan fingerprint density at radius 1 is 1.33 bits per heavy atom. The van der Waals surface area contributed by atoms with E-state index in [1.165, 1.54) is 7.11 Å². The molecule has 0 saturated heterocycles. The van der Waals surface area contributed by atoms with Gasteiger partial charge < -0.3 is 9.47 Å². The lowest BCUT2D eigenvalue weighted by Gasteiger charge is -2.35. The largest absolute Gasteiger partial charge is 0.469 e. The Hall–Kier alpha value is -1.65. The molecular formula is C13H16O5. The Morgan fingerprint density at radius 2 is 2.00 bits per heavy atom. The van der Waals surface area contributed by atoms with Crippen molar-refractivity contribution >= 4 is 17.7 Å². The van der Waals surface area contributed by atoms with Gasteiger partial charge in [0.25, 0.3) is 0 Å². The normalized spacial score (nSPS) is 26.5. The minimum atomic E-state index is -0.796. The summed E-state index contributed by atoms with van der Waals surface area (Å²) in [6.45, 7) is 3.87. The second-order valence-corrected chi connectivity index (χ2v) is 5.53. The van der Waals surface area contributed by atoms with Crippen LogP contribution in [0.2, 0.25) is 0 Å². The van der Waals surface area contributed by atoms with Gasteiger partial charge in [-0.1, -0.05) is 13.8 Å². The average molecular weight is 252 g/mol. The fraction of sp³-hybridized carbons (Fsp3) is 0.615. The van der Waals surface area contributed by atoms with Gasteiger partial charge in [-0.25, -0.2) is 0 Å². The highest BCUT2D eigenvalue weighted by Crippen LogP contribution is 2.42. The second-order valence-electron chi connectivity index (χ2n) is 5.53. The van der Waals surface area contributed by atoms with Gasteiger partial charge in [0.2, 0.25) is 0 Å². The Balaban J connectivity index is 2.44. The highest BCUT2D eigenvalue weighted by molar-refractivity contribution is 6.04. The summed E-state index contributed by atoms with van der Waals surface area (Å²) >= 11 is 0. The molecule has 0 N–H and O–H groups in total. The molecule has 0 fully saturated rings. The maximum Gasteiger partial charge on any atom is 0.314 e. The van der Waals surface area contributed by atoms with Crippen molar-refractivity contribution in [3.63, 3.8) is 0 Å². The predicted molar refractivity (Wildman–Crippen MR) is 61.3 cm³/mol. The molecule has 0 amide bonds. The second kappa shape index (κ2) is 4.23. The van der Waals surface area contributed by atoms with E-state index >= 15 is 0 Å². The van der Waals surface area contributed by atoms with E-state index in [9.17, 15) is 14.4 Å². The van der Waals surface area contributed by atoms with Crippen LogP contribution < -0.4 is 0 Å². The quantitative estimate of drug-likeness (QED) is 0.659. The summed E-state index contributed by atoms with van der Waals surface area (Å²) in [5, 5.41) is 0. The van der Waals surface area contributed by atoms with Crippen LogP contribution in [0.5, 0.6) is 0 Å². The molecule has 2 rings (SSSR count). The summed E-state index contributed by atoms with van der Waals surface area (Å²) in [6, 6.07) is 0. The van der Waals surface area contributed by atoms with Gasteiger partial charge in [-0.05, 0) is 5.41 Å². The first-order valence-corrected chi connectivity index (χ1v) is 5.89. The number of carbonyl (C=O) groups excluding carboxylic acids is 3. The highest BCUT2D eigenvalue weighted by Gasteiger charge is 2.44. The molecule has 1 aliphatic carbocycles. The van der Waals surface area contributed by atoms with E-state index in [1.807, 2.05) is 13.8 Å². The van der Waals surface area contributed by atoms with Gasteiger partial charge in [-0.2, -0.15) is 0 Å². The Kier molecular flexibility index (Phi) is 3.00. The molecule has 0 aromatic rings. The lowest BCUT2D eigenvalue weighted by atomic mass is 9.72. The van der Waals surface area contributed by atoms with E-state index in [2.05, 4.69) is 4.74 Å². The average Bonchev–Trinajstić information content (AvgIpc) is 2.24. The van der Waals surface area contributed by atoms with Crippen LogP contribution in [0.25, 0.3) is 0 Å². The molecular weight excluding hydrogens is 236 g/mol. The topological polar surface area (TPSA) is 69.7 Å². The molecule has 0 aromatic carbocycles. The van der Waals surface area contributed by atoms with Crippen molar-refractivity contribution in [2.24, 2.45) is 11.3 Å². The first-order chi connectivity index (χ1) is 8.34. The van der Waals surface area contributed by atoms with E-state index in [4.69, 9.17) is 4.74 Å². The number of carbonyl (C=O) groups is 3. The number of rotatable bonds is 1. The maximum atomic E-state index is 12.1. The molecule has 1 heterocycles. The molecule has 5 nitrogen and oxygen atoms in total. The first kappa shape index (κ1) is 12.8. The van der Waals surface area contributed by atoms with Crippen LogP contribution in [0, 0.1) is 11.3 Å². The van der Waals surface area contributed by atoms with E-state index in [0.29, 0.717) is 24.2 Å². The summed E-state index contributed by atoms with van der Waals surface area (Å²) in [4.78, 5) is 35.3. The van der Waals surface area contributed by atoms with Crippen molar-refractivity contribution in [3.05, 3.63) is 11.3 Å². The van der Waals surface area contributed by atoms with E-state index in [-0.39, 0.29) is 17.6 Å². The fourth-order valence-corrected chi connectivity index (χ4v) is 2.55. The van der Waals surface area contributed by atoms with Crippen LogP contribution in [0.15, 0.2) is 11.3 Å². The summed E-state index contributed by atoms with van der Waals surface area (Å²) < 4.78 is 9.79. The third kappa shape index (κ3) is 2.17. The van der Waals surface area contributed by atoms with Crippen LogP contribution >= 0.6 is 0 Å². The molecule has 0 radical (unpaired) electrons. The smallest absolute Gasteiger partial charge is 0.314 e. The van der Waals surface area contributed by atoms with Crippen molar-refractivity contribution in [1.82, 2.24) is 0 Å². The number of ether oxygens (including phenoxy) is 2. The Morgan fingerprint density at radius 3 is 2.61 bits per heavy atom. The molecule has 2 aliphatic rings. The standard InChI is InChI=1S/C13H16O5/c1-13(2)5-8(14)11-7(12(16)17-3)4-10(15)18-9(11)6-13/h7H,4-6H2,1-3H3/t7-/m0/s1. The van der Waals surface area contributed by atoms with Crippen molar-refractivity contribution < 1.29 is 23.9 Å². The summed E-state index contributed by atoms with van der Waals surface area (Å²) in [5.41, 5.74) is 0.0922. The third-order valence-corrected chi connectivity index (χ3v) is 3.32. The summed E-state index contributed by atoms with van der Waals surface area (Å²) in [5.74, 6) is -1.59. The van der Waals surface area contributed by atoms with E-state index < -0.39 is 17.9 Å². The van der Waals surface area contributed by atoms with Crippen molar-refractivity contribution in [1.29, 1.82) is 0 Å². The van der Waals surface area contributed by atoms with Gasteiger partial charge in [0.05, 0.1) is 19.4 Å².